The molecular weight excluding hydrogens is 290 g/mol. The van der Waals surface area contributed by atoms with E-state index >= 15 is 0 Å². The molecule has 1 fully saturated rings. The van der Waals surface area contributed by atoms with Crippen molar-refractivity contribution in [3.63, 3.8) is 0 Å². The number of hydrogen-bond donors (Lipinski definition) is 2. The van der Waals surface area contributed by atoms with Crippen LogP contribution in [0, 0.1) is 0 Å². The van der Waals surface area contributed by atoms with Gasteiger partial charge in [0.2, 0.25) is 0 Å². The Morgan fingerprint density at radius 3 is 2.74 bits per heavy atom. The molecule has 1 heterocycles. The highest BCUT2D eigenvalue weighted by Gasteiger charge is 2.19. The molecule has 2 N–H and O–H groups in total. The largest absolute Gasteiger partial charge is 0.390 e. The molecule has 23 heavy (non-hydrogen) atoms. The molecule has 2 rings (SSSR count). The first-order valence-electron chi connectivity index (χ1n) is 9.18. The molecule has 0 amide bonds. The van der Waals surface area contributed by atoms with Crippen LogP contribution in [0.3, 0.4) is 0 Å². The minimum Gasteiger partial charge on any atom is -0.390 e. The minimum absolute atomic E-state index is 0.455. The van der Waals surface area contributed by atoms with Crippen LogP contribution in [0.5, 0.6) is 0 Å². The maximum Gasteiger partial charge on any atom is 0.152 e. The quantitative estimate of drug-likeness (QED) is 0.730. The third-order valence-corrected chi connectivity index (χ3v) is 4.75. The summed E-state index contributed by atoms with van der Waals surface area (Å²) >= 11 is 0. The van der Waals surface area contributed by atoms with Gasteiger partial charge in [-0.3, -0.25) is 0 Å². The van der Waals surface area contributed by atoms with E-state index in [0.29, 0.717) is 12.1 Å². The fraction of sp³-hybridized carbons (Fsp3) is 0.941. The smallest absolute Gasteiger partial charge is 0.152 e. The van der Waals surface area contributed by atoms with Crippen LogP contribution >= 0.6 is 0 Å². The molecule has 0 aromatic carbocycles. The SMILES string of the molecule is CC(CCCC(C)(C)O)NCCc1nnnn1C1CCCCC1. The zero-order chi connectivity index (χ0) is 16.7. The summed E-state index contributed by atoms with van der Waals surface area (Å²) in [6, 6.07) is 0.953. The first kappa shape index (κ1) is 18.3. The Bertz CT molecular complexity index is 448. The van der Waals surface area contributed by atoms with Crippen molar-refractivity contribution in [3.05, 3.63) is 5.82 Å². The van der Waals surface area contributed by atoms with Crippen molar-refractivity contribution in [2.75, 3.05) is 6.54 Å². The van der Waals surface area contributed by atoms with Crippen molar-refractivity contribution in [1.29, 1.82) is 0 Å². The second-order valence-corrected chi connectivity index (χ2v) is 7.64. The van der Waals surface area contributed by atoms with Crippen LogP contribution in [0.15, 0.2) is 0 Å². The summed E-state index contributed by atoms with van der Waals surface area (Å²) in [5.41, 5.74) is -0.554. The van der Waals surface area contributed by atoms with Gasteiger partial charge in [0.25, 0.3) is 0 Å². The molecule has 0 saturated heterocycles. The highest BCUT2D eigenvalue weighted by molar-refractivity contribution is 4.87. The normalized spacial score (nSPS) is 18.3. The van der Waals surface area contributed by atoms with Gasteiger partial charge >= 0.3 is 0 Å². The van der Waals surface area contributed by atoms with Crippen molar-refractivity contribution < 1.29 is 5.11 Å². The molecule has 6 nitrogen and oxygen atoms in total. The minimum atomic E-state index is -0.554. The maximum atomic E-state index is 9.74. The van der Waals surface area contributed by atoms with Crippen LogP contribution in [0.1, 0.15) is 84.0 Å². The Balaban J connectivity index is 1.69. The number of tetrazole rings is 1. The van der Waals surface area contributed by atoms with E-state index in [0.717, 1.165) is 38.1 Å². The predicted octanol–water partition coefficient (Wildman–Crippen LogP) is 2.64. The molecule has 1 unspecified atom stereocenters. The second kappa shape index (κ2) is 8.73. The second-order valence-electron chi connectivity index (χ2n) is 7.64. The monoisotopic (exact) mass is 323 g/mol. The highest BCUT2D eigenvalue weighted by atomic mass is 16.3. The summed E-state index contributed by atoms with van der Waals surface area (Å²) in [4.78, 5) is 0. The average molecular weight is 323 g/mol. The van der Waals surface area contributed by atoms with Crippen molar-refractivity contribution in [3.8, 4) is 0 Å². The third-order valence-electron chi connectivity index (χ3n) is 4.75. The topological polar surface area (TPSA) is 75.9 Å². The summed E-state index contributed by atoms with van der Waals surface area (Å²) in [5.74, 6) is 1.01. The molecule has 1 aliphatic rings. The molecule has 1 aromatic heterocycles. The Morgan fingerprint density at radius 2 is 2.04 bits per heavy atom. The summed E-state index contributed by atoms with van der Waals surface area (Å²) in [7, 11) is 0. The van der Waals surface area contributed by atoms with Gasteiger partial charge in [-0.1, -0.05) is 19.3 Å². The van der Waals surface area contributed by atoms with Gasteiger partial charge in [0.05, 0.1) is 11.6 Å². The summed E-state index contributed by atoms with van der Waals surface area (Å²) in [5, 5.41) is 25.6. The van der Waals surface area contributed by atoms with Crippen molar-refractivity contribution in [1.82, 2.24) is 25.5 Å². The van der Waals surface area contributed by atoms with E-state index in [1.807, 2.05) is 13.8 Å². The first-order valence-corrected chi connectivity index (χ1v) is 9.18. The van der Waals surface area contributed by atoms with E-state index in [9.17, 15) is 5.11 Å². The van der Waals surface area contributed by atoms with E-state index in [1.54, 1.807) is 0 Å². The molecule has 1 atom stereocenters. The Hall–Kier alpha value is -1.01. The molecule has 1 saturated carbocycles. The van der Waals surface area contributed by atoms with E-state index in [4.69, 9.17) is 0 Å². The number of nitrogens with zero attached hydrogens (tertiary/aromatic N) is 4. The van der Waals surface area contributed by atoms with Gasteiger partial charge in [0.1, 0.15) is 0 Å². The van der Waals surface area contributed by atoms with Crippen LogP contribution in [-0.2, 0) is 6.42 Å². The van der Waals surface area contributed by atoms with Crippen LogP contribution < -0.4 is 5.32 Å². The first-order chi connectivity index (χ1) is 11.0. The van der Waals surface area contributed by atoms with Crippen molar-refractivity contribution in [2.45, 2.75) is 96.2 Å². The lowest BCUT2D eigenvalue weighted by atomic mass is 9.95. The number of nitrogens with one attached hydrogen (secondary N) is 1. The average Bonchev–Trinajstić information content (AvgIpc) is 2.95. The van der Waals surface area contributed by atoms with Crippen molar-refractivity contribution >= 4 is 0 Å². The number of aromatic nitrogens is 4. The fourth-order valence-corrected chi connectivity index (χ4v) is 3.36. The Labute approximate surface area is 140 Å². The van der Waals surface area contributed by atoms with Gasteiger partial charge in [-0.25, -0.2) is 4.68 Å². The summed E-state index contributed by atoms with van der Waals surface area (Å²) in [6.07, 6.45) is 10.2. The summed E-state index contributed by atoms with van der Waals surface area (Å²) < 4.78 is 2.06. The fourth-order valence-electron chi connectivity index (χ4n) is 3.36. The molecule has 1 aromatic rings. The van der Waals surface area contributed by atoms with E-state index < -0.39 is 5.60 Å². The Morgan fingerprint density at radius 1 is 1.30 bits per heavy atom. The lowest BCUT2D eigenvalue weighted by Gasteiger charge is -2.22. The molecule has 132 valence electrons. The van der Waals surface area contributed by atoms with E-state index in [-0.39, 0.29) is 0 Å². The van der Waals surface area contributed by atoms with Gasteiger partial charge < -0.3 is 10.4 Å². The van der Waals surface area contributed by atoms with Crippen LogP contribution in [0.4, 0.5) is 0 Å². The lowest BCUT2D eigenvalue weighted by molar-refractivity contribution is 0.0675. The molecule has 0 aliphatic heterocycles. The Kier molecular flexibility index (Phi) is 6.96. The zero-order valence-corrected chi connectivity index (χ0v) is 15.0. The van der Waals surface area contributed by atoms with Gasteiger partial charge in [-0.2, -0.15) is 0 Å². The van der Waals surface area contributed by atoms with Gasteiger partial charge in [0, 0.05) is 19.0 Å². The number of hydrogen-bond acceptors (Lipinski definition) is 5. The predicted molar refractivity (Wildman–Crippen MR) is 91.3 cm³/mol. The van der Waals surface area contributed by atoms with Gasteiger partial charge in [-0.15, -0.1) is 5.10 Å². The van der Waals surface area contributed by atoms with E-state index in [2.05, 4.69) is 32.4 Å². The van der Waals surface area contributed by atoms with Crippen LogP contribution in [0.25, 0.3) is 0 Å². The standard InChI is InChI=1S/C17H33N5O/c1-14(8-7-12-17(2,3)23)18-13-11-16-19-20-21-22(16)15-9-5-4-6-10-15/h14-15,18,23H,4-13H2,1-3H3. The maximum absolute atomic E-state index is 9.74. The van der Waals surface area contributed by atoms with E-state index in [1.165, 1.54) is 32.1 Å². The van der Waals surface area contributed by atoms with Gasteiger partial charge in [-0.05, 0) is 63.3 Å². The molecule has 0 bridgehead atoms. The molecule has 1 aliphatic carbocycles. The van der Waals surface area contributed by atoms with Crippen molar-refractivity contribution in [2.24, 2.45) is 0 Å². The lowest BCUT2D eigenvalue weighted by Crippen LogP contribution is -2.30. The van der Waals surface area contributed by atoms with Gasteiger partial charge in [0.15, 0.2) is 5.82 Å². The van der Waals surface area contributed by atoms with Crippen LogP contribution in [0.2, 0.25) is 0 Å². The molecular formula is C17H33N5O. The molecule has 6 heteroatoms. The molecule has 0 radical (unpaired) electrons. The highest BCUT2D eigenvalue weighted by Crippen LogP contribution is 2.27. The summed E-state index contributed by atoms with van der Waals surface area (Å²) in [6.45, 7) is 6.84. The number of rotatable bonds is 9. The van der Waals surface area contributed by atoms with Crippen LogP contribution in [-0.4, -0.2) is 43.5 Å². The third kappa shape index (κ3) is 6.55. The number of aliphatic hydroxyl groups is 1. The zero-order valence-electron chi connectivity index (χ0n) is 15.0. The molecule has 0 spiro atoms.